The Morgan fingerprint density at radius 3 is 2.73 bits per heavy atom. The molecular weight excluding hydrogens is 280 g/mol. The Hall–Kier alpha value is -1.88. The molecule has 2 rings (SSSR count). The summed E-state index contributed by atoms with van der Waals surface area (Å²) in [5, 5.41) is 2.87. The van der Waals surface area contributed by atoms with Gasteiger partial charge in [0.05, 0.1) is 5.92 Å². The molecule has 0 radical (unpaired) electrons. The van der Waals surface area contributed by atoms with Crippen LogP contribution in [0.5, 0.6) is 0 Å². The lowest BCUT2D eigenvalue weighted by atomic mass is 10.1. The van der Waals surface area contributed by atoms with Gasteiger partial charge in [-0.25, -0.2) is 0 Å². The number of aryl methyl sites for hydroxylation is 1. The highest BCUT2D eigenvalue weighted by Gasteiger charge is 2.34. The second-order valence-electron chi connectivity index (χ2n) is 5.56. The average Bonchev–Trinajstić information content (AvgIpc) is 2.93. The third-order valence-electron chi connectivity index (χ3n) is 3.98. The van der Waals surface area contributed by atoms with Crippen molar-refractivity contribution in [2.24, 2.45) is 5.92 Å². The van der Waals surface area contributed by atoms with E-state index < -0.39 is 0 Å². The van der Waals surface area contributed by atoms with Crippen molar-refractivity contribution >= 4 is 17.5 Å². The molecule has 1 aliphatic rings. The van der Waals surface area contributed by atoms with E-state index in [4.69, 9.17) is 4.74 Å². The van der Waals surface area contributed by atoms with Crippen LogP contribution in [0, 0.1) is 5.92 Å². The Labute approximate surface area is 131 Å². The summed E-state index contributed by atoms with van der Waals surface area (Å²) >= 11 is 0. The smallest absolute Gasteiger partial charge is 0.227 e. The van der Waals surface area contributed by atoms with Gasteiger partial charge in [-0.3, -0.25) is 9.59 Å². The number of hydrogen-bond donors (Lipinski definition) is 1. The highest BCUT2D eigenvalue weighted by molar-refractivity contribution is 6.00. The molecule has 1 saturated heterocycles. The van der Waals surface area contributed by atoms with E-state index in [-0.39, 0.29) is 24.2 Å². The number of carbonyl (C=O) groups is 2. The first-order valence-corrected chi connectivity index (χ1v) is 7.81. The van der Waals surface area contributed by atoms with Crippen LogP contribution in [0.3, 0.4) is 0 Å². The van der Waals surface area contributed by atoms with Gasteiger partial charge < -0.3 is 15.0 Å². The SMILES string of the molecule is CCc1ccc(N2C[C@@H](C(=O)NCCCOC)CC2=O)cc1. The van der Waals surface area contributed by atoms with E-state index in [2.05, 4.69) is 12.2 Å². The van der Waals surface area contributed by atoms with Gasteiger partial charge >= 0.3 is 0 Å². The summed E-state index contributed by atoms with van der Waals surface area (Å²) in [6.07, 6.45) is 2.04. The van der Waals surface area contributed by atoms with Crippen LogP contribution >= 0.6 is 0 Å². The molecule has 0 aromatic heterocycles. The van der Waals surface area contributed by atoms with Gasteiger partial charge in [0.25, 0.3) is 0 Å². The van der Waals surface area contributed by atoms with Gasteiger partial charge in [-0.1, -0.05) is 19.1 Å². The van der Waals surface area contributed by atoms with Crippen molar-refractivity contribution in [3.63, 3.8) is 0 Å². The summed E-state index contributed by atoms with van der Waals surface area (Å²) in [5.74, 6) is -0.292. The van der Waals surface area contributed by atoms with E-state index in [1.807, 2.05) is 24.3 Å². The Morgan fingerprint density at radius 2 is 2.09 bits per heavy atom. The molecule has 22 heavy (non-hydrogen) atoms. The number of anilines is 1. The van der Waals surface area contributed by atoms with Crippen molar-refractivity contribution in [2.75, 3.05) is 31.7 Å². The van der Waals surface area contributed by atoms with E-state index in [1.54, 1.807) is 12.0 Å². The van der Waals surface area contributed by atoms with Crippen LogP contribution in [-0.2, 0) is 20.7 Å². The Bertz CT molecular complexity index is 513. The number of nitrogens with one attached hydrogen (secondary N) is 1. The second kappa shape index (κ2) is 7.94. The van der Waals surface area contributed by atoms with E-state index in [1.165, 1.54) is 5.56 Å². The molecule has 1 fully saturated rings. The summed E-state index contributed by atoms with van der Waals surface area (Å²) in [7, 11) is 1.64. The highest BCUT2D eigenvalue weighted by Crippen LogP contribution is 2.25. The van der Waals surface area contributed by atoms with Gasteiger partial charge in [-0.15, -0.1) is 0 Å². The fraction of sp³-hybridized carbons (Fsp3) is 0.529. The third-order valence-corrected chi connectivity index (χ3v) is 3.98. The molecule has 5 heteroatoms. The number of amides is 2. The Morgan fingerprint density at radius 1 is 1.36 bits per heavy atom. The van der Waals surface area contributed by atoms with Gasteiger partial charge in [-0.2, -0.15) is 0 Å². The minimum Gasteiger partial charge on any atom is -0.385 e. The van der Waals surface area contributed by atoms with Crippen LogP contribution in [0.4, 0.5) is 5.69 Å². The maximum absolute atomic E-state index is 12.1. The molecule has 1 atom stereocenters. The summed E-state index contributed by atoms with van der Waals surface area (Å²) in [6.45, 7) is 3.77. The number of ether oxygens (including phenoxy) is 1. The van der Waals surface area contributed by atoms with E-state index in [0.717, 1.165) is 18.5 Å². The van der Waals surface area contributed by atoms with Gasteiger partial charge in [0, 0.05) is 38.9 Å². The summed E-state index contributed by atoms with van der Waals surface area (Å²) in [6, 6.07) is 7.97. The Kier molecular flexibility index (Phi) is 5.95. The summed E-state index contributed by atoms with van der Waals surface area (Å²) in [4.78, 5) is 26.0. The topological polar surface area (TPSA) is 58.6 Å². The lowest BCUT2D eigenvalue weighted by Gasteiger charge is -2.17. The predicted octanol–water partition coefficient (Wildman–Crippen LogP) is 1.75. The van der Waals surface area contributed by atoms with Crippen molar-refractivity contribution in [3.8, 4) is 0 Å². The van der Waals surface area contributed by atoms with Crippen molar-refractivity contribution in [3.05, 3.63) is 29.8 Å². The minimum absolute atomic E-state index is 0.0151. The molecule has 0 bridgehead atoms. The van der Waals surface area contributed by atoms with E-state index >= 15 is 0 Å². The molecule has 0 spiro atoms. The predicted molar refractivity (Wildman–Crippen MR) is 85.8 cm³/mol. The minimum atomic E-state index is -0.263. The van der Waals surface area contributed by atoms with E-state index in [0.29, 0.717) is 19.7 Å². The van der Waals surface area contributed by atoms with Crippen LogP contribution in [0.2, 0.25) is 0 Å². The average molecular weight is 304 g/mol. The summed E-state index contributed by atoms with van der Waals surface area (Å²) in [5.41, 5.74) is 2.11. The molecule has 5 nitrogen and oxygen atoms in total. The molecule has 1 aromatic rings. The largest absolute Gasteiger partial charge is 0.385 e. The maximum Gasteiger partial charge on any atom is 0.227 e. The van der Waals surface area contributed by atoms with Crippen LogP contribution in [0.15, 0.2) is 24.3 Å². The number of nitrogens with zero attached hydrogens (tertiary/aromatic N) is 1. The lowest BCUT2D eigenvalue weighted by molar-refractivity contribution is -0.126. The molecule has 2 amide bonds. The maximum atomic E-state index is 12.1. The van der Waals surface area contributed by atoms with Gasteiger partial charge in [0.1, 0.15) is 0 Å². The number of rotatable bonds is 7. The van der Waals surface area contributed by atoms with Crippen LogP contribution < -0.4 is 10.2 Å². The molecule has 1 aromatic carbocycles. The zero-order valence-electron chi connectivity index (χ0n) is 13.3. The second-order valence-corrected chi connectivity index (χ2v) is 5.56. The lowest BCUT2D eigenvalue weighted by Crippen LogP contribution is -2.33. The fourth-order valence-corrected chi connectivity index (χ4v) is 2.62. The van der Waals surface area contributed by atoms with Gasteiger partial charge in [0.15, 0.2) is 0 Å². The van der Waals surface area contributed by atoms with Crippen molar-refractivity contribution in [1.82, 2.24) is 5.32 Å². The standard InChI is InChI=1S/C17H24N2O3/c1-3-13-5-7-15(8-6-13)19-12-14(11-16(19)20)17(21)18-9-4-10-22-2/h5-8,14H,3-4,9-12H2,1-2H3,(H,18,21)/t14-/m0/s1. The Balaban J connectivity index is 1.90. The number of hydrogen-bond acceptors (Lipinski definition) is 3. The number of carbonyl (C=O) groups excluding carboxylic acids is 2. The molecule has 120 valence electrons. The first-order valence-electron chi connectivity index (χ1n) is 7.81. The van der Waals surface area contributed by atoms with Gasteiger partial charge in [0.2, 0.25) is 11.8 Å². The third kappa shape index (κ3) is 4.07. The zero-order valence-corrected chi connectivity index (χ0v) is 13.3. The van der Waals surface area contributed by atoms with Crippen LogP contribution in [0.1, 0.15) is 25.3 Å². The van der Waals surface area contributed by atoms with Crippen molar-refractivity contribution < 1.29 is 14.3 Å². The van der Waals surface area contributed by atoms with E-state index in [9.17, 15) is 9.59 Å². The molecule has 1 N–H and O–H groups in total. The quantitative estimate of drug-likeness (QED) is 0.781. The number of benzene rings is 1. The summed E-state index contributed by atoms with van der Waals surface area (Å²) < 4.78 is 4.95. The van der Waals surface area contributed by atoms with Crippen molar-refractivity contribution in [1.29, 1.82) is 0 Å². The monoisotopic (exact) mass is 304 g/mol. The van der Waals surface area contributed by atoms with Crippen LogP contribution in [-0.4, -0.2) is 38.6 Å². The first kappa shape index (κ1) is 16.5. The molecule has 0 saturated carbocycles. The zero-order chi connectivity index (χ0) is 15.9. The normalized spacial score (nSPS) is 17.8. The highest BCUT2D eigenvalue weighted by atomic mass is 16.5. The van der Waals surface area contributed by atoms with Crippen molar-refractivity contribution in [2.45, 2.75) is 26.2 Å². The number of methoxy groups -OCH3 is 1. The molecule has 1 aliphatic heterocycles. The van der Waals surface area contributed by atoms with Gasteiger partial charge in [-0.05, 0) is 30.5 Å². The molecule has 0 unspecified atom stereocenters. The molecule has 1 heterocycles. The molecule has 0 aliphatic carbocycles. The first-order chi connectivity index (χ1) is 10.7. The molecular formula is C17H24N2O3. The van der Waals surface area contributed by atoms with Crippen LogP contribution in [0.25, 0.3) is 0 Å². The fourth-order valence-electron chi connectivity index (χ4n) is 2.62.